The summed E-state index contributed by atoms with van der Waals surface area (Å²) in [6.07, 6.45) is 6.28. The highest BCUT2D eigenvalue weighted by Crippen LogP contribution is 2.48. The first kappa shape index (κ1) is 17.9. The number of benzene rings is 1. The average molecular weight is 351 g/mol. The van der Waals surface area contributed by atoms with Crippen molar-refractivity contribution >= 4 is 10.2 Å². The molecule has 0 atom stereocenters. The molecule has 0 amide bonds. The molecule has 1 fully saturated rings. The quantitative estimate of drug-likeness (QED) is 0.816. The predicted octanol–water partition coefficient (Wildman–Crippen LogP) is 3.68. The number of hydrogen-bond donors (Lipinski definition) is 0. The van der Waals surface area contributed by atoms with E-state index < -0.39 is 10.2 Å². The Kier molecular flexibility index (Phi) is 4.56. The van der Waals surface area contributed by atoms with E-state index in [0.29, 0.717) is 6.54 Å². The third-order valence-electron chi connectivity index (χ3n) is 5.88. The molecule has 0 radical (unpaired) electrons. The first-order chi connectivity index (χ1) is 11.2. The van der Waals surface area contributed by atoms with Gasteiger partial charge in [-0.1, -0.05) is 57.4 Å². The fourth-order valence-electron chi connectivity index (χ4n) is 4.81. The second-order valence-corrected chi connectivity index (χ2v) is 10.4. The summed E-state index contributed by atoms with van der Waals surface area (Å²) in [6.45, 7) is 5.03. The summed E-state index contributed by atoms with van der Waals surface area (Å²) in [4.78, 5) is 0. The molecule has 0 saturated heterocycles. The summed E-state index contributed by atoms with van der Waals surface area (Å²) in [7, 11) is -0.164. The molecule has 134 valence electrons. The minimum Gasteiger partial charge on any atom is -0.195 e. The topological polar surface area (TPSA) is 40.6 Å². The van der Waals surface area contributed by atoms with Crippen LogP contribution in [0.5, 0.6) is 0 Å². The first-order valence-electron chi connectivity index (χ1n) is 8.98. The van der Waals surface area contributed by atoms with E-state index in [4.69, 9.17) is 0 Å². The lowest BCUT2D eigenvalue weighted by molar-refractivity contribution is 0.0922. The Hall–Kier alpha value is -0.910. The molecule has 4 nitrogen and oxygen atoms in total. The van der Waals surface area contributed by atoms with Gasteiger partial charge < -0.3 is 0 Å². The lowest BCUT2D eigenvalue weighted by Gasteiger charge is -2.47. The number of hydrogen-bond acceptors (Lipinski definition) is 2. The summed E-state index contributed by atoms with van der Waals surface area (Å²) < 4.78 is 29.6. The lowest BCUT2D eigenvalue weighted by atomic mass is 9.69. The van der Waals surface area contributed by atoms with Crippen LogP contribution in [0.25, 0.3) is 0 Å². The predicted molar refractivity (Wildman–Crippen MR) is 98.1 cm³/mol. The van der Waals surface area contributed by atoms with E-state index in [1.54, 1.807) is 14.1 Å². The Bertz CT molecular complexity index is 704. The van der Waals surface area contributed by atoms with Crippen LogP contribution in [-0.4, -0.2) is 36.7 Å². The van der Waals surface area contributed by atoms with Crippen molar-refractivity contribution in [3.05, 3.63) is 35.4 Å². The van der Waals surface area contributed by atoms with Crippen LogP contribution in [0.3, 0.4) is 0 Å². The van der Waals surface area contributed by atoms with Crippen molar-refractivity contribution in [2.24, 2.45) is 0 Å². The summed E-state index contributed by atoms with van der Waals surface area (Å²) in [5.74, 6) is 0. The van der Waals surface area contributed by atoms with Gasteiger partial charge in [0.1, 0.15) is 0 Å². The van der Waals surface area contributed by atoms with E-state index in [9.17, 15) is 8.42 Å². The smallest absolute Gasteiger partial charge is 0.195 e. The second-order valence-electron chi connectivity index (χ2n) is 8.30. The molecule has 0 N–H and O–H groups in total. The fourth-order valence-corrected chi connectivity index (χ4v) is 6.24. The maximum absolute atomic E-state index is 13.2. The zero-order valence-corrected chi connectivity index (χ0v) is 16.2. The Balaban J connectivity index is 2.17. The monoisotopic (exact) mass is 350 g/mol. The van der Waals surface area contributed by atoms with Crippen molar-refractivity contribution in [2.75, 3.05) is 14.1 Å². The third-order valence-corrected chi connectivity index (χ3v) is 7.88. The number of nitrogens with zero attached hydrogens (tertiary/aromatic N) is 2. The molecule has 0 bridgehead atoms. The van der Waals surface area contributed by atoms with E-state index in [1.165, 1.54) is 16.3 Å². The van der Waals surface area contributed by atoms with Gasteiger partial charge >= 0.3 is 0 Å². The van der Waals surface area contributed by atoms with Gasteiger partial charge in [-0.2, -0.15) is 17.0 Å². The standard InChI is InChI=1S/C19H30N2O2S/c1-18(2)15-19(12-8-5-9-13-19)21(24(22,23)20(3)4)14-16-10-6-7-11-17(16)18/h6-7,10-11H,5,8-9,12-15H2,1-4H3. The van der Waals surface area contributed by atoms with Gasteiger partial charge in [0, 0.05) is 26.2 Å². The van der Waals surface area contributed by atoms with Crippen LogP contribution in [0, 0.1) is 0 Å². The minimum absolute atomic E-state index is 0.0233. The zero-order chi connectivity index (χ0) is 17.6. The molecule has 1 spiro atoms. The maximum atomic E-state index is 13.2. The molecular weight excluding hydrogens is 320 g/mol. The van der Waals surface area contributed by atoms with Gasteiger partial charge in [-0.25, -0.2) is 0 Å². The first-order valence-corrected chi connectivity index (χ1v) is 10.4. The number of fused-ring (bicyclic) bond motifs is 1. The van der Waals surface area contributed by atoms with Gasteiger partial charge in [-0.15, -0.1) is 0 Å². The molecule has 1 aromatic rings. The highest BCUT2D eigenvalue weighted by Gasteiger charge is 2.50. The molecule has 5 heteroatoms. The Morgan fingerprint density at radius 1 is 1.04 bits per heavy atom. The van der Waals surface area contributed by atoms with E-state index >= 15 is 0 Å². The fraction of sp³-hybridized carbons (Fsp3) is 0.684. The van der Waals surface area contributed by atoms with Crippen molar-refractivity contribution in [2.45, 2.75) is 69.9 Å². The van der Waals surface area contributed by atoms with Crippen LogP contribution in [0.2, 0.25) is 0 Å². The molecule has 1 heterocycles. The SMILES string of the molecule is CN(C)S(=O)(=O)N1Cc2ccccc2C(C)(C)CC12CCCCC2. The molecule has 1 aliphatic carbocycles. The highest BCUT2D eigenvalue weighted by molar-refractivity contribution is 7.86. The highest BCUT2D eigenvalue weighted by atomic mass is 32.2. The number of rotatable bonds is 2. The minimum atomic E-state index is -3.46. The van der Waals surface area contributed by atoms with E-state index in [1.807, 2.05) is 10.4 Å². The van der Waals surface area contributed by atoms with Gasteiger partial charge in [0.25, 0.3) is 10.2 Å². The summed E-state index contributed by atoms with van der Waals surface area (Å²) in [5, 5.41) is 0. The van der Waals surface area contributed by atoms with Crippen LogP contribution in [0.1, 0.15) is 63.5 Å². The molecule has 24 heavy (non-hydrogen) atoms. The molecule has 1 aliphatic heterocycles. The van der Waals surface area contributed by atoms with Gasteiger partial charge in [-0.05, 0) is 35.8 Å². The van der Waals surface area contributed by atoms with E-state index in [2.05, 4.69) is 32.0 Å². The van der Waals surface area contributed by atoms with E-state index in [-0.39, 0.29) is 11.0 Å². The van der Waals surface area contributed by atoms with Gasteiger partial charge in [0.05, 0.1) is 0 Å². The molecule has 2 aliphatic rings. The lowest BCUT2D eigenvalue weighted by Crippen LogP contribution is -2.56. The summed E-state index contributed by atoms with van der Waals surface area (Å²) >= 11 is 0. The van der Waals surface area contributed by atoms with Crippen LogP contribution in [0.15, 0.2) is 24.3 Å². The summed E-state index contributed by atoms with van der Waals surface area (Å²) in [6, 6.07) is 8.37. The van der Waals surface area contributed by atoms with Crippen LogP contribution < -0.4 is 0 Å². The van der Waals surface area contributed by atoms with Gasteiger partial charge in [0.15, 0.2) is 0 Å². The largest absolute Gasteiger partial charge is 0.282 e. The van der Waals surface area contributed by atoms with Crippen molar-refractivity contribution in [3.63, 3.8) is 0 Å². The van der Waals surface area contributed by atoms with Crippen molar-refractivity contribution < 1.29 is 8.42 Å². The Morgan fingerprint density at radius 2 is 1.67 bits per heavy atom. The normalized spacial score (nSPS) is 23.9. The Labute approximate surface area is 147 Å². The molecular formula is C19H30N2O2S. The average Bonchev–Trinajstić information content (AvgIpc) is 2.61. The van der Waals surface area contributed by atoms with Crippen LogP contribution in [0.4, 0.5) is 0 Å². The maximum Gasteiger partial charge on any atom is 0.282 e. The Morgan fingerprint density at radius 3 is 2.29 bits per heavy atom. The van der Waals surface area contributed by atoms with Crippen molar-refractivity contribution in [1.29, 1.82) is 0 Å². The van der Waals surface area contributed by atoms with Crippen molar-refractivity contribution in [3.8, 4) is 0 Å². The van der Waals surface area contributed by atoms with Gasteiger partial charge in [0.2, 0.25) is 0 Å². The van der Waals surface area contributed by atoms with Gasteiger partial charge in [-0.3, -0.25) is 0 Å². The molecule has 3 rings (SSSR count). The van der Waals surface area contributed by atoms with Crippen LogP contribution in [-0.2, 0) is 22.2 Å². The zero-order valence-electron chi connectivity index (χ0n) is 15.4. The molecule has 1 saturated carbocycles. The molecule has 0 aromatic heterocycles. The molecule has 1 aromatic carbocycles. The van der Waals surface area contributed by atoms with Crippen LogP contribution >= 0.6 is 0 Å². The second kappa shape index (κ2) is 6.11. The molecule has 0 unspecified atom stereocenters. The summed E-state index contributed by atoms with van der Waals surface area (Å²) in [5.41, 5.74) is 2.16. The van der Waals surface area contributed by atoms with Crippen molar-refractivity contribution in [1.82, 2.24) is 8.61 Å². The van der Waals surface area contributed by atoms with E-state index in [0.717, 1.165) is 37.7 Å². The third kappa shape index (κ3) is 2.91.